The van der Waals surface area contributed by atoms with Crippen LogP contribution in [-0.4, -0.2) is 46.6 Å². The molecule has 2 aliphatic heterocycles. The SMILES string of the molecule is CN1C[C@H](O)C[C@H]1c1nc(-c2ccc3c(c2)OCO3)no1. The number of aliphatic hydroxyl groups excluding tert-OH is 1. The van der Waals surface area contributed by atoms with Gasteiger partial charge in [0.25, 0.3) is 0 Å². The number of hydrogen-bond donors (Lipinski definition) is 1. The smallest absolute Gasteiger partial charge is 0.244 e. The molecule has 21 heavy (non-hydrogen) atoms. The second-order valence-corrected chi connectivity index (χ2v) is 5.37. The fourth-order valence-corrected chi connectivity index (χ4v) is 2.78. The van der Waals surface area contributed by atoms with E-state index in [0.29, 0.717) is 30.4 Å². The first-order valence-electron chi connectivity index (χ1n) is 6.82. The lowest BCUT2D eigenvalue weighted by molar-refractivity contribution is 0.174. The molecule has 1 saturated heterocycles. The maximum Gasteiger partial charge on any atom is 0.244 e. The minimum Gasteiger partial charge on any atom is -0.454 e. The number of fused-ring (bicyclic) bond motifs is 1. The molecule has 0 radical (unpaired) electrons. The van der Waals surface area contributed by atoms with Crippen molar-refractivity contribution in [3.05, 3.63) is 24.1 Å². The summed E-state index contributed by atoms with van der Waals surface area (Å²) < 4.78 is 16.0. The molecule has 2 aromatic rings. The van der Waals surface area contributed by atoms with E-state index in [2.05, 4.69) is 10.1 Å². The van der Waals surface area contributed by atoms with Gasteiger partial charge in [0.15, 0.2) is 11.5 Å². The summed E-state index contributed by atoms with van der Waals surface area (Å²) >= 11 is 0. The first kappa shape index (κ1) is 12.6. The monoisotopic (exact) mass is 289 g/mol. The lowest BCUT2D eigenvalue weighted by atomic mass is 10.2. The summed E-state index contributed by atoms with van der Waals surface area (Å²) in [6.45, 7) is 0.855. The molecule has 0 spiro atoms. The van der Waals surface area contributed by atoms with Crippen LogP contribution in [0.4, 0.5) is 0 Å². The largest absolute Gasteiger partial charge is 0.454 e. The van der Waals surface area contributed by atoms with E-state index in [-0.39, 0.29) is 18.9 Å². The molecule has 2 aliphatic rings. The molecule has 1 N–H and O–H groups in total. The standard InChI is InChI=1S/C14H15N3O4/c1-17-6-9(18)5-10(17)14-15-13(16-21-14)8-2-3-11-12(4-8)20-7-19-11/h2-4,9-10,18H,5-7H2,1H3/t9-,10+/m1/s1. The van der Waals surface area contributed by atoms with Gasteiger partial charge in [-0.15, -0.1) is 0 Å². The van der Waals surface area contributed by atoms with Crippen molar-refractivity contribution in [2.24, 2.45) is 0 Å². The second-order valence-electron chi connectivity index (χ2n) is 5.37. The number of aromatic nitrogens is 2. The number of likely N-dealkylation sites (tertiary alicyclic amines) is 1. The Hall–Kier alpha value is -2.12. The first-order chi connectivity index (χ1) is 10.2. The molecule has 110 valence electrons. The van der Waals surface area contributed by atoms with E-state index in [1.54, 1.807) is 0 Å². The average molecular weight is 289 g/mol. The molecule has 1 fully saturated rings. The van der Waals surface area contributed by atoms with Gasteiger partial charge in [-0.1, -0.05) is 5.16 Å². The van der Waals surface area contributed by atoms with Crippen molar-refractivity contribution in [1.29, 1.82) is 0 Å². The molecular formula is C14H15N3O4. The van der Waals surface area contributed by atoms with Crippen LogP contribution in [0.3, 0.4) is 0 Å². The van der Waals surface area contributed by atoms with E-state index in [0.717, 1.165) is 11.3 Å². The zero-order valence-electron chi connectivity index (χ0n) is 11.5. The average Bonchev–Trinajstić information content (AvgIpc) is 3.17. The van der Waals surface area contributed by atoms with Crippen molar-refractivity contribution in [3.8, 4) is 22.9 Å². The summed E-state index contributed by atoms with van der Waals surface area (Å²) in [5.74, 6) is 2.45. The Morgan fingerprint density at radius 2 is 2.14 bits per heavy atom. The number of ether oxygens (including phenoxy) is 2. The fraction of sp³-hybridized carbons (Fsp3) is 0.429. The number of benzene rings is 1. The summed E-state index contributed by atoms with van der Waals surface area (Å²) in [7, 11) is 1.94. The van der Waals surface area contributed by atoms with Crippen LogP contribution in [0.15, 0.2) is 22.7 Å². The van der Waals surface area contributed by atoms with Gasteiger partial charge in [0, 0.05) is 12.1 Å². The van der Waals surface area contributed by atoms with Gasteiger partial charge in [0.05, 0.1) is 12.1 Å². The highest BCUT2D eigenvalue weighted by atomic mass is 16.7. The maximum atomic E-state index is 9.70. The fourth-order valence-electron chi connectivity index (χ4n) is 2.78. The van der Waals surface area contributed by atoms with Gasteiger partial charge in [0.1, 0.15) is 0 Å². The summed E-state index contributed by atoms with van der Waals surface area (Å²) in [4.78, 5) is 6.46. The Kier molecular flexibility index (Phi) is 2.83. The third kappa shape index (κ3) is 2.14. The molecule has 7 nitrogen and oxygen atoms in total. The third-order valence-corrected chi connectivity index (χ3v) is 3.88. The van der Waals surface area contributed by atoms with E-state index < -0.39 is 0 Å². The van der Waals surface area contributed by atoms with Crippen LogP contribution in [0, 0.1) is 0 Å². The van der Waals surface area contributed by atoms with Crippen LogP contribution in [0.5, 0.6) is 11.5 Å². The lowest BCUT2D eigenvalue weighted by Gasteiger charge is -2.13. The number of hydrogen-bond acceptors (Lipinski definition) is 7. The number of rotatable bonds is 2. The predicted octanol–water partition coefficient (Wildman–Crippen LogP) is 1.20. The van der Waals surface area contributed by atoms with Crippen LogP contribution in [-0.2, 0) is 0 Å². The van der Waals surface area contributed by atoms with Crippen LogP contribution in [0.1, 0.15) is 18.4 Å². The highest BCUT2D eigenvalue weighted by molar-refractivity contribution is 5.61. The molecule has 7 heteroatoms. The van der Waals surface area contributed by atoms with Gasteiger partial charge >= 0.3 is 0 Å². The molecule has 0 bridgehead atoms. The number of nitrogens with zero attached hydrogens (tertiary/aromatic N) is 3. The molecule has 1 aromatic carbocycles. The molecule has 0 aliphatic carbocycles. The van der Waals surface area contributed by atoms with Gasteiger partial charge in [0.2, 0.25) is 18.5 Å². The van der Waals surface area contributed by atoms with E-state index >= 15 is 0 Å². The first-order valence-corrected chi connectivity index (χ1v) is 6.82. The van der Waals surface area contributed by atoms with Crippen LogP contribution >= 0.6 is 0 Å². The van der Waals surface area contributed by atoms with Gasteiger partial charge in [-0.25, -0.2) is 0 Å². The summed E-state index contributed by atoms with van der Waals surface area (Å²) in [5, 5.41) is 13.7. The Labute approximate surface area is 121 Å². The van der Waals surface area contributed by atoms with Crippen molar-refractivity contribution in [3.63, 3.8) is 0 Å². The molecule has 4 rings (SSSR count). The summed E-state index contributed by atoms with van der Waals surface area (Å²) in [5.41, 5.74) is 0.815. The maximum absolute atomic E-state index is 9.70. The van der Waals surface area contributed by atoms with Crippen molar-refractivity contribution in [2.45, 2.75) is 18.6 Å². The van der Waals surface area contributed by atoms with E-state index in [4.69, 9.17) is 14.0 Å². The Balaban J connectivity index is 1.62. The predicted molar refractivity (Wildman–Crippen MR) is 71.9 cm³/mol. The molecule has 0 amide bonds. The summed E-state index contributed by atoms with van der Waals surface area (Å²) in [6, 6.07) is 5.51. The highest BCUT2D eigenvalue weighted by Gasteiger charge is 2.33. The summed E-state index contributed by atoms with van der Waals surface area (Å²) in [6.07, 6.45) is 0.264. The quantitative estimate of drug-likeness (QED) is 0.889. The molecule has 3 heterocycles. The van der Waals surface area contributed by atoms with Gasteiger partial charge in [-0.05, 0) is 31.7 Å². The van der Waals surface area contributed by atoms with Gasteiger partial charge in [-0.3, -0.25) is 4.90 Å². The third-order valence-electron chi connectivity index (χ3n) is 3.88. The molecule has 2 atom stereocenters. The van der Waals surface area contributed by atoms with Crippen molar-refractivity contribution >= 4 is 0 Å². The van der Waals surface area contributed by atoms with Crippen molar-refractivity contribution in [1.82, 2.24) is 15.0 Å². The van der Waals surface area contributed by atoms with E-state index in [9.17, 15) is 5.11 Å². The molecule has 0 saturated carbocycles. The topological polar surface area (TPSA) is 80.9 Å². The van der Waals surface area contributed by atoms with E-state index in [1.807, 2.05) is 30.1 Å². The van der Waals surface area contributed by atoms with Crippen molar-refractivity contribution < 1.29 is 19.1 Å². The zero-order chi connectivity index (χ0) is 14.4. The van der Waals surface area contributed by atoms with Gasteiger partial charge in [-0.2, -0.15) is 4.98 Å². The number of β-amino-alcohol motifs (C(OH)–C–C–N with tert-alkyl or cyclic N) is 1. The Morgan fingerprint density at radius 1 is 1.29 bits per heavy atom. The zero-order valence-corrected chi connectivity index (χ0v) is 11.5. The second kappa shape index (κ2) is 4.71. The van der Waals surface area contributed by atoms with Crippen LogP contribution in [0.2, 0.25) is 0 Å². The molecular weight excluding hydrogens is 274 g/mol. The number of aliphatic hydroxyl groups is 1. The van der Waals surface area contributed by atoms with Crippen molar-refractivity contribution in [2.75, 3.05) is 20.4 Å². The Bertz CT molecular complexity index is 672. The Morgan fingerprint density at radius 3 is 2.95 bits per heavy atom. The number of likely N-dealkylation sites (N-methyl/N-ethyl adjacent to an activating group) is 1. The minimum atomic E-state index is -0.346. The molecule has 0 unspecified atom stereocenters. The lowest BCUT2D eigenvalue weighted by Crippen LogP contribution is -2.19. The van der Waals surface area contributed by atoms with Crippen LogP contribution < -0.4 is 9.47 Å². The van der Waals surface area contributed by atoms with E-state index in [1.165, 1.54) is 0 Å². The molecule has 1 aromatic heterocycles. The minimum absolute atomic E-state index is 0.0322. The van der Waals surface area contributed by atoms with Gasteiger partial charge < -0.3 is 19.1 Å². The normalized spacial score (nSPS) is 24.7. The highest BCUT2D eigenvalue weighted by Crippen LogP contribution is 2.36. The van der Waals surface area contributed by atoms with Crippen LogP contribution in [0.25, 0.3) is 11.4 Å².